The van der Waals surface area contributed by atoms with Crippen LogP contribution in [0.5, 0.6) is 5.88 Å². The van der Waals surface area contributed by atoms with Crippen LogP contribution in [-0.4, -0.2) is 47.7 Å². The van der Waals surface area contributed by atoms with Gasteiger partial charge in [0.1, 0.15) is 11.7 Å². The number of carboxylic acid groups (broad SMARTS) is 1. The number of nitrogens with one attached hydrogen (secondary N) is 2. The largest absolute Gasteiger partial charge is 0.478 e. The molecule has 0 radical (unpaired) electrons. The SMILES string of the molecule is Cc1cccc(C)c1-c1cc(O[C@@H](CNC(=O)OC(C)(C)C)c2ccccc2)nc(NS(=O)(=O)c2cccc(C(=O)O)c2)n1. The van der Waals surface area contributed by atoms with Gasteiger partial charge in [-0.1, -0.05) is 54.6 Å². The number of rotatable bonds is 10. The molecule has 12 heteroatoms. The Morgan fingerprint density at radius 3 is 2.20 bits per heavy atom. The molecule has 0 spiro atoms. The minimum Gasteiger partial charge on any atom is -0.478 e. The van der Waals surface area contributed by atoms with Crippen molar-refractivity contribution < 1.29 is 32.6 Å². The first-order valence-electron chi connectivity index (χ1n) is 13.7. The molecule has 4 rings (SSSR count). The summed E-state index contributed by atoms with van der Waals surface area (Å²) in [6.45, 7) is 9.11. The van der Waals surface area contributed by atoms with Gasteiger partial charge in [0.2, 0.25) is 11.8 Å². The van der Waals surface area contributed by atoms with Crippen LogP contribution in [0.25, 0.3) is 11.3 Å². The number of carbonyl (C=O) groups excluding carboxylic acids is 1. The summed E-state index contributed by atoms with van der Waals surface area (Å²) in [6.07, 6.45) is -1.36. The van der Waals surface area contributed by atoms with Crippen LogP contribution in [0.4, 0.5) is 10.7 Å². The molecule has 0 unspecified atom stereocenters. The second-order valence-corrected chi connectivity index (χ2v) is 12.7. The standard InChI is InChI=1S/C32H34N4O7S/c1-20-11-9-12-21(2)28(20)25-18-27(35-30(34-25)36-44(40,41)24-16-10-15-23(17-24)29(37)38)42-26(22-13-7-6-8-14-22)19-33-31(39)43-32(3,4)5/h6-18,26H,19H2,1-5H3,(H,33,39)(H,37,38)(H,34,35,36)/t26-/m0/s1. The lowest BCUT2D eigenvalue weighted by atomic mass is 10.00. The van der Waals surface area contributed by atoms with E-state index in [2.05, 4.69) is 20.0 Å². The van der Waals surface area contributed by atoms with E-state index in [9.17, 15) is 23.1 Å². The highest BCUT2D eigenvalue weighted by Crippen LogP contribution is 2.31. The molecule has 0 saturated carbocycles. The fourth-order valence-corrected chi connectivity index (χ4v) is 5.37. The van der Waals surface area contributed by atoms with Gasteiger partial charge >= 0.3 is 12.1 Å². The molecular formula is C32H34N4O7S. The fourth-order valence-electron chi connectivity index (χ4n) is 4.38. The van der Waals surface area contributed by atoms with Crippen LogP contribution in [0.15, 0.2) is 83.8 Å². The monoisotopic (exact) mass is 618 g/mol. The Labute approximate surface area is 256 Å². The lowest BCUT2D eigenvalue weighted by Gasteiger charge is -2.23. The van der Waals surface area contributed by atoms with E-state index in [0.29, 0.717) is 5.69 Å². The maximum absolute atomic E-state index is 13.3. The zero-order valence-electron chi connectivity index (χ0n) is 25.0. The van der Waals surface area contributed by atoms with Gasteiger partial charge < -0.3 is 19.9 Å². The number of amides is 1. The Morgan fingerprint density at radius 1 is 0.909 bits per heavy atom. The van der Waals surface area contributed by atoms with Gasteiger partial charge in [-0.15, -0.1) is 0 Å². The van der Waals surface area contributed by atoms with Gasteiger partial charge in [0.15, 0.2) is 0 Å². The molecule has 0 aliphatic rings. The molecule has 0 aliphatic heterocycles. The van der Waals surface area contributed by atoms with E-state index in [4.69, 9.17) is 9.47 Å². The molecule has 230 valence electrons. The van der Waals surface area contributed by atoms with E-state index >= 15 is 0 Å². The molecular weight excluding hydrogens is 584 g/mol. The highest BCUT2D eigenvalue weighted by atomic mass is 32.2. The minimum atomic E-state index is -4.29. The Balaban J connectivity index is 1.75. The number of aromatic nitrogens is 2. The average Bonchev–Trinajstić information content (AvgIpc) is 2.94. The highest BCUT2D eigenvalue weighted by Gasteiger charge is 2.23. The number of hydrogen-bond donors (Lipinski definition) is 3. The first kappa shape index (κ1) is 32.0. The van der Waals surface area contributed by atoms with Crippen molar-refractivity contribution in [2.24, 2.45) is 0 Å². The predicted octanol–water partition coefficient (Wildman–Crippen LogP) is 5.90. The fraction of sp³-hybridized carbons (Fsp3) is 0.250. The van der Waals surface area contributed by atoms with Crippen LogP contribution < -0.4 is 14.8 Å². The summed E-state index contributed by atoms with van der Waals surface area (Å²) in [6, 6.07) is 21.4. The number of aryl methyl sites for hydroxylation is 2. The van der Waals surface area contributed by atoms with Gasteiger partial charge in [-0.05, 0) is 69.5 Å². The van der Waals surface area contributed by atoms with Crippen molar-refractivity contribution in [3.05, 3.63) is 101 Å². The predicted molar refractivity (Wildman–Crippen MR) is 165 cm³/mol. The van der Waals surface area contributed by atoms with Gasteiger partial charge in [0, 0.05) is 11.6 Å². The van der Waals surface area contributed by atoms with Crippen LogP contribution in [0, 0.1) is 13.8 Å². The van der Waals surface area contributed by atoms with Gasteiger partial charge in [-0.25, -0.2) is 27.7 Å². The molecule has 0 bridgehead atoms. The van der Waals surface area contributed by atoms with Crippen LogP contribution in [0.2, 0.25) is 0 Å². The van der Waals surface area contributed by atoms with Gasteiger partial charge in [-0.3, -0.25) is 0 Å². The summed E-state index contributed by atoms with van der Waals surface area (Å²) in [7, 11) is -4.29. The summed E-state index contributed by atoms with van der Waals surface area (Å²) in [5.41, 5.74) is 2.78. The molecule has 3 aromatic carbocycles. The molecule has 0 saturated heterocycles. The zero-order chi connectivity index (χ0) is 32.1. The maximum atomic E-state index is 13.3. The van der Waals surface area contributed by atoms with Gasteiger partial charge in [0.25, 0.3) is 10.0 Å². The number of benzene rings is 3. The van der Waals surface area contributed by atoms with E-state index in [1.807, 2.05) is 62.4 Å². The van der Waals surface area contributed by atoms with Crippen molar-refractivity contribution >= 4 is 28.0 Å². The van der Waals surface area contributed by atoms with E-state index in [1.54, 1.807) is 26.8 Å². The molecule has 1 heterocycles. The zero-order valence-corrected chi connectivity index (χ0v) is 25.8. The van der Waals surface area contributed by atoms with Crippen LogP contribution in [-0.2, 0) is 14.8 Å². The van der Waals surface area contributed by atoms with Crippen molar-refractivity contribution in [3.8, 4) is 17.1 Å². The molecule has 0 aliphatic carbocycles. The molecule has 44 heavy (non-hydrogen) atoms. The second kappa shape index (κ2) is 13.1. The molecule has 4 aromatic rings. The molecule has 0 fully saturated rings. The minimum absolute atomic E-state index is 0.0185. The third kappa shape index (κ3) is 8.32. The average molecular weight is 619 g/mol. The van der Waals surface area contributed by atoms with Crippen LogP contribution in [0.3, 0.4) is 0 Å². The lowest BCUT2D eigenvalue weighted by molar-refractivity contribution is 0.0498. The van der Waals surface area contributed by atoms with E-state index in [1.165, 1.54) is 18.2 Å². The summed E-state index contributed by atoms with van der Waals surface area (Å²) in [5.74, 6) is -1.51. The number of anilines is 1. The maximum Gasteiger partial charge on any atom is 0.407 e. The second-order valence-electron chi connectivity index (χ2n) is 11.0. The number of sulfonamides is 1. The number of hydrogen-bond acceptors (Lipinski definition) is 8. The number of nitrogens with zero attached hydrogens (tertiary/aromatic N) is 2. The third-order valence-electron chi connectivity index (χ3n) is 6.32. The van der Waals surface area contributed by atoms with Crippen molar-refractivity contribution in [1.82, 2.24) is 15.3 Å². The molecule has 1 amide bonds. The Hall–Kier alpha value is -4.97. The first-order valence-corrected chi connectivity index (χ1v) is 15.2. The Kier molecular flexibility index (Phi) is 9.53. The number of aromatic carboxylic acids is 1. The molecule has 11 nitrogen and oxygen atoms in total. The number of carboxylic acids is 1. The van der Waals surface area contributed by atoms with E-state index in [0.717, 1.165) is 28.3 Å². The van der Waals surface area contributed by atoms with Crippen molar-refractivity contribution in [2.45, 2.75) is 51.2 Å². The number of ether oxygens (including phenoxy) is 2. The third-order valence-corrected chi connectivity index (χ3v) is 7.65. The lowest BCUT2D eigenvalue weighted by Crippen LogP contribution is -2.36. The van der Waals surface area contributed by atoms with E-state index in [-0.39, 0.29) is 28.8 Å². The number of alkyl carbamates (subject to hydrolysis) is 1. The summed E-state index contributed by atoms with van der Waals surface area (Å²) >= 11 is 0. The highest BCUT2D eigenvalue weighted by molar-refractivity contribution is 7.92. The Morgan fingerprint density at radius 2 is 1.57 bits per heavy atom. The van der Waals surface area contributed by atoms with E-state index < -0.39 is 33.8 Å². The molecule has 1 atom stereocenters. The van der Waals surface area contributed by atoms with Crippen LogP contribution in [0.1, 0.15) is 53.9 Å². The van der Waals surface area contributed by atoms with Gasteiger partial charge in [-0.2, -0.15) is 4.98 Å². The molecule has 1 aromatic heterocycles. The van der Waals surface area contributed by atoms with Crippen molar-refractivity contribution in [2.75, 3.05) is 11.3 Å². The quantitative estimate of drug-likeness (QED) is 0.197. The smallest absolute Gasteiger partial charge is 0.407 e. The van der Waals surface area contributed by atoms with Crippen LogP contribution >= 0.6 is 0 Å². The summed E-state index contributed by atoms with van der Waals surface area (Å²) < 4.78 is 40.7. The summed E-state index contributed by atoms with van der Waals surface area (Å²) in [4.78, 5) is 32.5. The number of carbonyl (C=O) groups is 2. The summed E-state index contributed by atoms with van der Waals surface area (Å²) in [5, 5.41) is 12.1. The van der Waals surface area contributed by atoms with Gasteiger partial charge in [0.05, 0.1) is 22.7 Å². The topological polar surface area (TPSA) is 157 Å². The Bertz CT molecular complexity index is 1750. The van der Waals surface area contributed by atoms with Crippen molar-refractivity contribution in [3.63, 3.8) is 0 Å². The first-order chi connectivity index (χ1) is 20.7. The normalized spacial score (nSPS) is 12.2. The van der Waals surface area contributed by atoms with Crippen molar-refractivity contribution in [1.29, 1.82) is 0 Å². The molecule has 3 N–H and O–H groups in total.